The lowest BCUT2D eigenvalue weighted by Crippen LogP contribution is -2.20. The molecule has 1 aromatic carbocycles. The second-order valence-electron chi connectivity index (χ2n) is 6.04. The first-order valence-corrected chi connectivity index (χ1v) is 8.76. The summed E-state index contributed by atoms with van der Waals surface area (Å²) in [7, 11) is 0. The molecular weight excluding hydrogens is 324 g/mol. The molecule has 1 aromatic heterocycles. The lowest BCUT2D eigenvalue weighted by Gasteiger charge is -2.12. The van der Waals surface area contributed by atoms with Crippen LogP contribution in [0.4, 0.5) is 11.8 Å². The summed E-state index contributed by atoms with van der Waals surface area (Å²) >= 11 is 5.90. The van der Waals surface area contributed by atoms with Crippen molar-refractivity contribution in [2.75, 3.05) is 30.3 Å². The van der Waals surface area contributed by atoms with Crippen molar-refractivity contribution < 1.29 is 4.74 Å². The fraction of sp³-hybridized carbons (Fsp3) is 0.444. The van der Waals surface area contributed by atoms with E-state index in [1.807, 2.05) is 37.3 Å². The number of hydrogen-bond acceptors (Lipinski definition) is 5. The first-order valence-electron chi connectivity index (χ1n) is 8.38. The van der Waals surface area contributed by atoms with Gasteiger partial charge in [0.15, 0.2) is 0 Å². The standard InChI is InChI=1S/C18H23ClN4O/c1-13-11-17(20-9-8-14-4-6-15(19)7-5-14)23-18(22-13)21-12-16-3-2-10-24-16/h4-7,11,16H,2-3,8-10,12H2,1H3,(H2,20,21,22,23). The van der Waals surface area contributed by atoms with Gasteiger partial charge in [-0.3, -0.25) is 0 Å². The summed E-state index contributed by atoms with van der Waals surface area (Å²) in [6.45, 7) is 4.40. The number of benzene rings is 1. The Hall–Kier alpha value is -1.85. The Labute approximate surface area is 147 Å². The summed E-state index contributed by atoms with van der Waals surface area (Å²) < 4.78 is 5.61. The Morgan fingerprint density at radius 1 is 1.21 bits per heavy atom. The van der Waals surface area contributed by atoms with Crippen molar-refractivity contribution in [2.24, 2.45) is 0 Å². The zero-order chi connectivity index (χ0) is 16.8. The highest BCUT2D eigenvalue weighted by Crippen LogP contribution is 2.14. The van der Waals surface area contributed by atoms with Gasteiger partial charge in [0.25, 0.3) is 0 Å². The summed E-state index contributed by atoms with van der Waals surface area (Å²) in [4.78, 5) is 8.97. The van der Waals surface area contributed by atoms with Gasteiger partial charge in [-0.25, -0.2) is 4.98 Å². The highest BCUT2D eigenvalue weighted by molar-refractivity contribution is 6.30. The number of nitrogens with one attached hydrogen (secondary N) is 2. The van der Waals surface area contributed by atoms with Gasteiger partial charge in [0.2, 0.25) is 5.95 Å². The lowest BCUT2D eigenvalue weighted by atomic mass is 10.1. The van der Waals surface area contributed by atoms with Crippen LogP contribution in [0.2, 0.25) is 5.02 Å². The molecule has 0 radical (unpaired) electrons. The molecule has 3 rings (SSSR count). The van der Waals surface area contributed by atoms with E-state index in [9.17, 15) is 0 Å². The van der Waals surface area contributed by atoms with Gasteiger partial charge in [-0.05, 0) is 43.9 Å². The summed E-state index contributed by atoms with van der Waals surface area (Å²) in [6, 6.07) is 9.88. The van der Waals surface area contributed by atoms with Crippen LogP contribution >= 0.6 is 11.6 Å². The number of aryl methyl sites for hydroxylation is 1. The third kappa shape index (κ3) is 5.08. The predicted octanol–water partition coefficient (Wildman–Crippen LogP) is 3.68. The second kappa shape index (κ2) is 8.31. The van der Waals surface area contributed by atoms with Crippen molar-refractivity contribution in [1.82, 2.24) is 9.97 Å². The minimum atomic E-state index is 0.274. The van der Waals surface area contributed by atoms with Crippen molar-refractivity contribution in [3.63, 3.8) is 0 Å². The Morgan fingerprint density at radius 2 is 2.04 bits per heavy atom. The maximum Gasteiger partial charge on any atom is 0.224 e. The zero-order valence-corrected chi connectivity index (χ0v) is 14.6. The van der Waals surface area contributed by atoms with Crippen molar-refractivity contribution in [1.29, 1.82) is 0 Å². The highest BCUT2D eigenvalue weighted by atomic mass is 35.5. The van der Waals surface area contributed by atoms with Crippen LogP contribution in [0.1, 0.15) is 24.1 Å². The van der Waals surface area contributed by atoms with Crippen molar-refractivity contribution >= 4 is 23.4 Å². The average Bonchev–Trinajstić information content (AvgIpc) is 3.08. The van der Waals surface area contributed by atoms with Crippen molar-refractivity contribution in [3.8, 4) is 0 Å². The minimum Gasteiger partial charge on any atom is -0.376 e. The molecular formula is C18H23ClN4O. The molecule has 0 aliphatic carbocycles. The highest BCUT2D eigenvalue weighted by Gasteiger charge is 2.15. The smallest absolute Gasteiger partial charge is 0.224 e. The Bertz CT molecular complexity index is 657. The van der Waals surface area contributed by atoms with Crippen LogP contribution in [0.3, 0.4) is 0 Å². The van der Waals surface area contributed by atoms with E-state index in [4.69, 9.17) is 16.3 Å². The van der Waals surface area contributed by atoms with Gasteiger partial charge in [0, 0.05) is 36.5 Å². The molecule has 0 bridgehead atoms. The number of hydrogen-bond donors (Lipinski definition) is 2. The average molecular weight is 347 g/mol. The third-order valence-electron chi connectivity index (χ3n) is 4.00. The lowest BCUT2D eigenvalue weighted by molar-refractivity contribution is 0.120. The number of aromatic nitrogens is 2. The van der Waals surface area contributed by atoms with E-state index in [2.05, 4.69) is 20.6 Å². The van der Waals surface area contributed by atoms with Crippen LogP contribution in [0.25, 0.3) is 0 Å². The minimum absolute atomic E-state index is 0.274. The van der Waals surface area contributed by atoms with Gasteiger partial charge in [0.1, 0.15) is 5.82 Å². The molecule has 0 spiro atoms. The molecule has 2 aromatic rings. The Balaban J connectivity index is 1.51. The van der Waals surface area contributed by atoms with Gasteiger partial charge in [-0.15, -0.1) is 0 Å². The van der Waals surface area contributed by atoms with E-state index in [0.717, 1.165) is 55.5 Å². The SMILES string of the molecule is Cc1cc(NCCc2ccc(Cl)cc2)nc(NCC2CCCO2)n1. The Kier molecular flexibility index (Phi) is 5.88. The fourth-order valence-corrected chi connectivity index (χ4v) is 2.86. The van der Waals surface area contributed by atoms with Crippen LogP contribution in [0.15, 0.2) is 30.3 Å². The van der Waals surface area contributed by atoms with Crippen LogP contribution in [-0.2, 0) is 11.2 Å². The van der Waals surface area contributed by atoms with E-state index < -0.39 is 0 Å². The van der Waals surface area contributed by atoms with Crippen LogP contribution in [0, 0.1) is 6.92 Å². The molecule has 1 aliphatic heterocycles. The molecule has 1 saturated heterocycles. The van der Waals surface area contributed by atoms with Crippen molar-refractivity contribution in [2.45, 2.75) is 32.3 Å². The number of ether oxygens (including phenoxy) is 1. The summed E-state index contributed by atoms with van der Waals surface area (Å²) in [5.41, 5.74) is 2.18. The maximum atomic E-state index is 5.90. The molecule has 2 N–H and O–H groups in total. The van der Waals surface area contributed by atoms with Gasteiger partial charge in [-0.2, -0.15) is 4.98 Å². The van der Waals surface area contributed by atoms with Crippen molar-refractivity contribution in [3.05, 3.63) is 46.6 Å². The number of anilines is 2. The quantitative estimate of drug-likeness (QED) is 0.800. The first kappa shape index (κ1) is 17.0. The molecule has 6 heteroatoms. The molecule has 1 aliphatic rings. The van der Waals surface area contributed by atoms with E-state index in [1.165, 1.54) is 5.56 Å². The van der Waals surface area contributed by atoms with Gasteiger partial charge in [-0.1, -0.05) is 23.7 Å². The second-order valence-corrected chi connectivity index (χ2v) is 6.47. The summed E-state index contributed by atoms with van der Waals surface area (Å²) in [5.74, 6) is 1.49. The molecule has 1 atom stereocenters. The molecule has 0 saturated carbocycles. The predicted molar refractivity (Wildman–Crippen MR) is 97.9 cm³/mol. The molecule has 0 amide bonds. The van der Waals surface area contributed by atoms with Crippen LogP contribution in [-0.4, -0.2) is 35.8 Å². The fourth-order valence-electron chi connectivity index (χ4n) is 2.73. The first-order chi connectivity index (χ1) is 11.7. The van der Waals surface area contributed by atoms with E-state index >= 15 is 0 Å². The number of rotatable bonds is 7. The van der Waals surface area contributed by atoms with Crippen LogP contribution in [0.5, 0.6) is 0 Å². The third-order valence-corrected chi connectivity index (χ3v) is 4.25. The molecule has 128 valence electrons. The topological polar surface area (TPSA) is 59.1 Å². The van der Waals surface area contributed by atoms with Gasteiger partial charge < -0.3 is 15.4 Å². The normalized spacial score (nSPS) is 17.0. The molecule has 1 fully saturated rings. The summed E-state index contributed by atoms with van der Waals surface area (Å²) in [6.07, 6.45) is 3.43. The van der Waals surface area contributed by atoms with Gasteiger partial charge >= 0.3 is 0 Å². The van der Waals surface area contributed by atoms with E-state index in [-0.39, 0.29) is 6.10 Å². The van der Waals surface area contributed by atoms with Gasteiger partial charge in [0.05, 0.1) is 6.10 Å². The molecule has 2 heterocycles. The number of nitrogens with zero attached hydrogens (tertiary/aromatic N) is 2. The molecule has 24 heavy (non-hydrogen) atoms. The zero-order valence-electron chi connectivity index (χ0n) is 13.9. The van der Waals surface area contributed by atoms with E-state index in [0.29, 0.717) is 5.95 Å². The molecule has 1 unspecified atom stereocenters. The maximum absolute atomic E-state index is 5.90. The monoisotopic (exact) mass is 346 g/mol. The van der Waals surface area contributed by atoms with E-state index in [1.54, 1.807) is 0 Å². The molecule has 5 nitrogen and oxygen atoms in total. The summed E-state index contributed by atoms with van der Waals surface area (Å²) in [5, 5.41) is 7.41. The number of halogens is 1. The van der Waals surface area contributed by atoms with Crippen LogP contribution < -0.4 is 10.6 Å². The Morgan fingerprint density at radius 3 is 2.79 bits per heavy atom. The largest absolute Gasteiger partial charge is 0.376 e.